The third kappa shape index (κ3) is 5.31. The Balaban J connectivity index is 1.47. The van der Waals surface area contributed by atoms with E-state index in [9.17, 15) is 14.0 Å². The number of carbonyl (C=O) groups is 1. The quantitative estimate of drug-likeness (QED) is 0.465. The molecule has 0 aliphatic carbocycles. The van der Waals surface area contributed by atoms with Crippen LogP contribution in [0, 0.1) is 12.7 Å². The molecule has 0 aliphatic rings. The molecule has 0 aliphatic heterocycles. The Bertz CT molecular complexity index is 1280. The van der Waals surface area contributed by atoms with Gasteiger partial charge in [-0.15, -0.1) is 0 Å². The number of nitrogens with one attached hydrogen (secondary N) is 1. The topological polar surface area (TPSA) is 64.0 Å². The number of aromatic nitrogens is 2. The number of nitrogens with zero attached hydrogens (tertiary/aromatic N) is 2. The van der Waals surface area contributed by atoms with E-state index in [4.69, 9.17) is 0 Å². The third-order valence-electron chi connectivity index (χ3n) is 4.76. The molecule has 1 amide bonds. The van der Waals surface area contributed by atoms with E-state index in [-0.39, 0.29) is 17.3 Å². The van der Waals surface area contributed by atoms with Crippen LogP contribution < -0.4 is 10.9 Å². The molecule has 1 heterocycles. The van der Waals surface area contributed by atoms with Crippen molar-refractivity contribution in [2.75, 3.05) is 0 Å². The molecule has 0 saturated heterocycles. The average molecular weight is 446 g/mol. The number of hydrogen-bond donors (Lipinski definition) is 1. The van der Waals surface area contributed by atoms with Gasteiger partial charge >= 0.3 is 0 Å². The first-order chi connectivity index (χ1) is 15.5. The van der Waals surface area contributed by atoms with Crippen LogP contribution in [0.25, 0.3) is 5.69 Å². The van der Waals surface area contributed by atoms with Crippen molar-refractivity contribution in [2.24, 2.45) is 0 Å². The molecule has 7 heteroatoms. The van der Waals surface area contributed by atoms with E-state index in [1.165, 1.54) is 40.2 Å². The fourth-order valence-corrected chi connectivity index (χ4v) is 3.77. The highest BCUT2D eigenvalue weighted by Crippen LogP contribution is 2.25. The van der Waals surface area contributed by atoms with Gasteiger partial charge in [-0.3, -0.25) is 9.59 Å². The minimum atomic E-state index is -0.319. The van der Waals surface area contributed by atoms with Crippen LogP contribution in [0.2, 0.25) is 0 Å². The number of aryl methyl sites for hydroxylation is 1. The summed E-state index contributed by atoms with van der Waals surface area (Å²) in [6.07, 6.45) is 0. The van der Waals surface area contributed by atoms with Gasteiger partial charge in [0.05, 0.1) is 5.69 Å². The lowest BCUT2D eigenvalue weighted by Crippen LogP contribution is -2.23. The summed E-state index contributed by atoms with van der Waals surface area (Å²) in [7, 11) is 0. The van der Waals surface area contributed by atoms with E-state index in [0.29, 0.717) is 22.8 Å². The summed E-state index contributed by atoms with van der Waals surface area (Å²) in [5.74, 6) is -0.578. The normalized spacial score (nSPS) is 10.7. The van der Waals surface area contributed by atoms with Crippen LogP contribution in [-0.2, 0) is 6.54 Å². The van der Waals surface area contributed by atoms with Gasteiger partial charge in [-0.25, -0.2) is 4.39 Å². The van der Waals surface area contributed by atoms with E-state index in [0.717, 1.165) is 10.5 Å². The predicted octanol–water partition coefficient (Wildman–Crippen LogP) is 4.76. The fraction of sp³-hybridized carbons (Fsp3) is 0.0800. The molecule has 0 fully saturated rings. The molecule has 32 heavy (non-hydrogen) atoms. The van der Waals surface area contributed by atoms with Crippen molar-refractivity contribution >= 4 is 17.7 Å². The van der Waals surface area contributed by atoms with Gasteiger partial charge in [-0.05, 0) is 67.1 Å². The molecule has 1 aromatic heterocycles. The number of amides is 1. The minimum Gasteiger partial charge on any atom is -0.348 e. The van der Waals surface area contributed by atoms with Crippen LogP contribution in [0.1, 0.15) is 21.5 Å². The SMILES string of the molecule is Cc1ccc(Sc2ccc(=O)n(-c3ccc(C(=O)NCc4ccc(F)cc4)cc3)n2)cc1. The van der Waals surface area contributed by atoms with E-state index < -0.39 is 0 Å². The number of hydrogen-bond acceptors (Lipinski definition) is 4. The molecular formula is C25H20FN3O2S. The minimum absolute atomic E-state index is 0.258. The van der Waals surface area contributed by atoms with Crippen molar-refractivity contribution in [1.29, 1.82) is 0 Å². The second kappa shape index (κ2) is 9.62. The van der Waals surface area contributed by atoms with E-state index >= 15 is 0 Å². The highest BCUT2D eigenvalue weighted by Gasteiger charge is 2.09. The first-order valence-corrected chi connectivity index (χ1v) is 10.8. The lowest BCUT2D eigenvalue weighted by molar-refractivity contribution is 0.0951. The zero-order chi connectivity index (χ0) is 22.5. The van der Waals surface area contributed by atoms with Crippen LogP contribution in [0.15, 0.2) is 99.6 Å². The second-order valence-corrected chi connectivity index (χ2v) is 8.29. The van der Waals surface area contributed by atoms with Gasteiger partial charge < -0.3 is 5.32 Å². The van der Waals surface area contributed by atoms with Gasteiger partial charge in [0, 0.05) is 23.1 Å². The number of halogens is 1. The monoisotopic (exact) mass is 445 g/mol. The Morgan fingerprint density at radius 3 is 2.31 bits per heavy atom. The van der Waals surface area contributed by atoms with Gasteiger partial charge in [-0.2, -0.15) is 9.78 Å². The Kier molecular flexibility index (Phi) is 6.47. The largest absolute Gasteiger partial charge is 0.348 e. The van der Waals surface area contributed by atoms with Crippen molar-refractivity contribution in [3.63, 3.8) is 0 Å². The molecule has 4 aromatic rings. The highest BCUT2D eigenvalue weighted by atomic mass is 32.2. The Morgan fingerprint density at radius 2 is 1.62 bits per heavy atom. The summed E-state index contributed by atoms with van der Waals surface area (Å²) in [5, 5.41) is 7.94. The lowest BCUT2D eigenvalue weighted by Gasteiger charge is -2.09. The first-order valence-electron chi connectivity index (χ1n) is 9.96. The summed E-state index contributed by atoms with van der Waals surface area (Å²) in [6, 6.07) is 23.8. The number of rotatable bonds is 6. The third-order valence-corrected chi connectivity index (χ3v) is 5.69. The van der Waals surface area contributed by atoms with E-state index in [2.05, 4.69) is 10.4 Å². The molecule has 160 valence electrons. The van der Waals surface area contributed by atoms with Crippen molar-refractivity contribution in [2.45, 2.75) is 23.4 Å². The highest BCUT2D eigenvalue weighted by molar-refractivity contribution is 7.99. The van der Waals surface area contributed by atoms with Crippen LogP contribution in [0.4, 0.5) is 4.39 Å². The second-order valence-electron chi connectivity index (χ2n) is 7.19. The van der Waals surface area contributed by atoms with Gasteiger partial charge in [0.1, 0.15) is 10.8 Å². The molecule has 0 saturated carbocycles. The van der Waals surface area contributed by atoms with Crippen LogP contribution in [0.3, 0.4) is 0 Å². The van der Waals surface area contributed by atoms with Crippen molar-refractivity contribution in [1.82, 2.24) is 15.1 Å². The van der Waals surface area contributed by atoms with Crippen molar-refractivity contribution in [3.05, 3.63) is 118 Å². The molecule has 0 atom stereocenters. The standard InChI is InChI=1S/C25H20FN3O2S/c1-17-2-12-22(13-3-17)32-23-14-15-24(30)29(28-23)21-10-6-19(7-11-21)25(31)27-16-18-4-8-20(26)9-5-18/h2-15H,16H2,1H3,(H,27,31). The fourth-order valence-electron chi connectivity index (χ4n) is 3.00. The van der Waals surface area contributed by atoms with Crippen molar-refractivity contribution in [3.8, 4) is 5.69 Å². The van der Waals surface area contributed by atoms with Crippen LogP contribution >= 0.6 is 11.8 Å². The molecule has 0 radical (unpaired) electrons. The maximum Gasteiger partial charge on any atom is 0.271 e. The smallest absolute Gasteiger partial charge is 0.271 e. The predicted molar refractivity (Wildman–Crippen MR) is 123 cm³/mol. The van der Waals surface area contributed by atoms with Gasteiger partial charge in [0.15, 0.2) is 0 Å². The van der Waals surface area contributed by atoms with Crippen molar-refractivity contribution < 1.29 is 9.18 Å². The molecular weight excluding hydrogens is 425 g/mol. The molecule has 3 aromatic carbocycles. The zero-order valence-electron chi connectivity index (χ0n) is 17.3. The van der Waals surface area contributed by atoms with Gasteiger partial charge in [0.2, 0.25) is 0 Å². The first kappa shape index (κ1) is 21.5. The van der Waals surface area contributed by atoms with Gasteiger partial charge in [-0.1, -0.05) is 41.6 Å². The molecule has 1 N–H and O–H groups in total. The summed E-state index contributed by atoms with van der Waals surface area (Å²) in [6.45, 7) is 2.32. The maximum atomic E-state index is 13.0. The number of carbonyl (C=O) groups excluding carboxylic acids is 1. The van der Waals surface area contributed by atoms with Crippen LogP contribution in [-0.4, -0.2) is 15.7 Å². The summed E-state index contributed by atoms with van der Waals surface area (Å²) >= 11 is 1.47. The van der Waals surface area contributed by atoms with E-state index in [1.54, 1.807) is 42.5 Å². The zero-order valence-corrected chi connectivity index (χ0v) is 18.1. The lowest BCUT2D eigenvalue weighted by atomic mass is 10.1. The summed E-state index contributed by atoms with van der Waals surface area (Å²) < 4.78 is 14.3. The Labute approximate surface area is 188 Å². The van der Waals surface area contributed by atoms with E-state index in [1.807, 2.05) is 31.2 Å². The molecule has 4 rings (SSSR count). The molecule has 5 nitrogen and oxygen atoms in total. The molecule has 0 spiro atoms. The van der Waals surface area contributed by atoms with Gasteiger partial charge in [0.25, 0.3) is 11.5 Å². The molecule has 0 unspecified atom stereocenters. The maximum absolute atomic E-state index is 13.0. The Morgan fingerprint density at radius 1 is 0.938 bits per heavy atom. The number of benzene rings is 3. The Hall–Kier alpha value is -3.71. The summed E-state index contributed by atoms with van der Waals surface area (Å²) in [5.41, 5.74) is 2.74. The van der Waals surface area contributed by atoms with Crippen LogP contribution in [0.5, 0.6) is 0 Å². The molecule has 0 bridgehead atoms. The average Bonchev–Trinajstić information content (AvgIpc) is 2.81. The summed E-state index contributed by atoms with van der Waals surface area (Å²) in [4.78, 5) is 25.8.